The fourth-order valence-electron chi connectivity index (χ4n) is 10.5. The topological polar surface area (TPSA) is 16.1 Å². The summed E-state index contributed by atoms with van der Waals surface area (Å²) >= 11 is 0. The van der Waals surface area contributed by atoms with Gasteiger partial charge in [0.2, 0.25) is 6.71 Å². The molecule has 3 heterocycles. The summed E-state index contributed by atoms with van der Waals surface area (Å²) in [5, 5.41) is 0. The molecule has 3 aromatic carbocycles. The molecule has 0 unspecified atom stereocenters. The Bertz CT molecular complexity index is 1920. The molecule has 0 saturated carbocycles. The number of nitrogens with zero attached hydrogens (tertiary/aromatic N) is 2. The van der Waals surface area contributed by atoms with E-state index in [1.54, 1.807) is 0 Å². The summed E-state index contributed by atoms with van der Waals surface area (Å²) in [5.41, 5.74) is 18.5. The molecule has 0 fully saturated rings. The highest BCUT2D eigenvalue weighted by atomic mass is 15.2. The molecule has 4 aliphatic rings. The summed E-state index contributed by atoms with van der Waals surface area (Å²) < 4.78 is 0. The highest BCUT2D eigenvalue weighted by Crippen LogP contribution is 2.54. The average Bonchev–Trinajstić information content (AvgIpc) is 3.23. The van der Waals surface area contributed by atoms with Crippen LogP contribution in [0.1, 0.15) is 121 Å². The zero-order chi connectivity index (χ0) is 31.4. The third-order valence-corrected chi connectivity index (χ3v) is 11.9. The van der Waals surface area contributed by atoms with Crippen LogP contribution < -0.4 is 21.3 Å². The van der Waals surface area contributed by atoms with E-state index in [1.165, 1.54) is 78.9 Å². The van der Waals surface area contributed by atoms with Gasteiger partial charge in [-0.15, -0.1) is 0 Å². The molecule has 8 rings (SSSR count). The highest BCUT2D eigenvalue weighted by Gasteiger charge is 2.50. The average molecular weight is 579 g/mol. The molecule has 0 radical (unpaired) electrons. The van der Waals surface area contributed by atoms with Gasteiger partial charge in [-0.3, -0.25) is 4.98 Å². The van der Waals surface area contributed by atoms with E-state index >= 15 is 0 Å². The van der Waals surface area contributed by atoms with Gasteiger partial charge in [-0.1, -0.05) is 111 Å². The Morgan fingerprint density at radius 3 is 1.86 bits per heavy atom. The Balaban J connectivity index is 1.48. The monoisotopic (exact) mass is 578 g/mol. The number of benzene rings is 3. The summed E-state index contributed by atoms with van der Waals surface area (Å²) in [6.45, 7) is 26.6. The maximum absolute atomic E-state index is 5.18. The molecule has 2 nitrogen and oxygen atoms in total. The molecule has 0 spiro atoms. The van der Waals surface area contributed by atoms with Crippen molar-refractivity contribution in [2.24, 2.45) is 0 Å². The summed E-state index contributed by atoms with van der Waals surface area (Å²) in [6.07, 6.45) is 4.39. The molecule has 0 bridgehead atoms. The summed E-state index contributed by atoms with van der Waals surface area (Å²) in [4.78, 5) is 7.79. The smallest absolute Gasteiger partial charge is 0.249 e. The van der Waals surface area contributed by atoms with Crippen molar-refractivity contribution in [1.29, 1.82) is 0 Å². The third-order valence-electron chi connectivity index (χ3n) is 11.9. The van der Waals surface area contributed by atoms with Crippen molar-refractivity contribution in [3.8, 4) is 0 Å². The van der Waals surface area contributed by atoms with Crippen molar-refractivity contribution < 1.29 is 0 Å². The predicted molar refractivity (Wildman–Crippen MR) is 188 cm³/mol. The molecule has 4 aromatic rings. The van der Waals surface area contributed by atoms with E-state index < -0.39 is 0 Å². The van der Waals surface area contributed by atoms with Crippen LogP contribution in [0.4, 0.5) is 17.1 Å². The number of fused-ring (bicyclic) bond motifs is 6. The molecule has 0 amide bonds. The van der Waals surface area contributed by atoms with Crippen LogP contribution in [0.2, 0.25) is 0 Å². The van der Waals surface area contributed by atoms with Gasteiger partial charge in [0.05, 0.1) is 0 Å². The molecule has 0 N–H and O–H groups in total. The van der Waals surface area contributed by atoms with Gasteiger partial charge in [0.1, 0.15) is 0 Å². The van der Waals surface area contributed by atoms with Gasteiger partial charge in [-0.25, -0.2) is 0 Å². The van der Waals surface area contributed by atoms with Crippen LogP contribution in [0, 0.1) is 6.92 Å². The van der Waals surface area contributed by atoms with E-state index in [2.05, 4.69) is 142 Å². The Hall–Kier alpha value is -3.33. The standard InChI is InChI=1S/C41H47BN2/c1-24-12-14-27-31(18-24)42-32-20-29-30(40(8,9)23-39(29,6)7)21-34(32)44(33-16-17-43-36(35(33)42)41(27,10)11)25-13-15-26-28(19-25)38(4,5)22-37(26,2)3/h12-21H,22-23H2,1-11H3. The molecule has 2 aliphatic carbocycles. The van der Waals surface area contributed by atoms with Crippen LogP contribution in [-0.4, -0.2) is 11.7 Å². The molecule has 224 valence electrons. The second-order valence-electron chi connectivity index (χ2n) is 17.7. The first-order valence-corrected chi connectivity index (χ1v) is 16.7. The maximum atomic E-state index is 5.18. The second kappa shape index (κ2) is 8.28. The number of anilines is 3. The zero-order valence-corrected chi connectivity index (χ0v) is 28.7. The Kier molecular flexibility index (Phi) is 5.30. The third kappa shape index (κ3) is 3.53. The zero-order valence-electron chi connectivity index (χ0n) is 28.7. The van der Waals surface area contributed by atoms with Crippen molar-refractivity contribution in [3.63, 3.8) is 0 Å². The number of aromatic nitrogens is 1. The highest BCUT2D eigenvalue weighted by molar-refractivity contribution is 6.99. The number of rotatable bonds is 1. The van der Waals surface area contributed by atoms with Crippen LogP contribution in [0.15, 0.2) is 60.8 Å². The van der Waals surface area contributed by atoms with E-state index in [1.807, 2.05) is 0 Å². The van der Waals surface area contributed by atoms with E-state index in [0.29, 0.717) is 0 Å². The lowest BCUT2D eigenvalue weighted by atomic mass is 9.30. The quantitative estimate of drug-likeness (QED) is 0.186. The largest absolute Gasteiger partial charge is 0.311 e. The molecule has 2 aliphatic heterocycles. The van der Waals surface area contributed by atoms with Crippen LogP contribution in [0.3, 0.4) is 0 Å². The van der Waals surface area contributed by atoms with Crippen molar-refractivity contribution in [1.82, 2.24) is 4.98 Å². The number of hydrogen-bond donors (Lipinski definition) is 0. The maximum Gasteiger partial charge on any atom is 0.249 e. The second-order valence-corrected chi connectivity index (χ2v) is 17.7. The Morgan fingerprint density at radius 2 is 1.18 bits per heavy atom. The molecule has 0 atom stereocenters. The van der Waals surface area contributed by atoms with Gasteiger partial charge in [-0.05, 0) is 104 Å². The minimum absolute atomic E-state index is 0.121. The lowest BCUT2D eigenvalue weighted by Crippen LogP contribution is -2.64. The first kappa shape index (κ1) is 28.2. The van der Waals surface area contributed by atoms with Crippen LogP contribution in [-0.2, 0) is 27.1 Å². The predicted octanol–water partition coefficient (Wildman–Crippen LogP) is 8.25. The van der Waals surface area contributed by atoms with Crippen molar-refractivity contribution in [2.45, 2.75) is 116 Å². The number of hydrogen-bond acceptors (Lipinski definition) is 2. The van der Waals surface area contributed by atoms with Gasteiger partial charge >= 0.3 is 0 Å². The van der Waals surface area contributed by atoms with Crippen molar-refractivity contribution >= 4 is 40.2 Å². The molecule has 0 saturated heterocycles. The minimum Gasteiger partial charge on any atom is -0.311 e. The normalized spacial score (nSPS) is 21.7. The van der Waals surface area contributed by atoms with Gasteiger partial charge in [-0.2, -0.15) is 0 Å². The van der Waals surface area contributed by atoms with Gasteiger partial charge in [0.25, 0.3) is 0 Å². The lowest BCUT2D eigenvalue weighted by molar-refractivity contribution is 0.403. The van der Waals surface area contributed by atoms with Gasteiger partial charge in [0, 0.05) is 34.4 Å². The van der Waals surface area contributed by atoms with E-state index in [0.717, 1.165) is 6.42 Å². The van der Waals surface area contributed by atoms with Gasteiger partial charge < -0.3 is 4.90 Å². The van der Waals surface area contributed by atoms with Crippen LogP contribution in [0.5, 0.6) is 0 Å². The molecule has 1 aromatic heterocycles. The molecule has 3 heteroatoms. The van der Waals surface area contributed by atoms with Gasteiger partial charge in [0.15, 0.2) is 0 Å². The van der Waals surface area contributed by atoms with E-state index in [9.17, 15) is 0 Å². The van der Waals surface area contributed by atoms with E-state index in [4.69, 9.17) is 4.98 Å². The lowest BCUT2D eigenvalue weighted by Gasteiger charge is -2.45. The molecular weight excluding hydrogens is 531 g/mol. The Labute approximate surface area is 265 Å². The van der Waals surface area contributed by atoms with E-state index in [-0.39, 0.29) is 33.8 Å². The number of aryl methyl sites for hydroxylation is 1. The minimum atomic E-state index is -0.185. The fraction of sp³-hybridized carbons (Fsp3) is 0.439. The number of pyridine rings is 1. The molecular formula is C41H47BN2. The van der Waals surface area contributed by atoms with Crippen molar-refractivity contribution in [2.75, 3.05) is 4.90 Å². The summed E-state index contributed by atoms with van der Waals surface area (Å²) in [6, 6.07) is 22.0. The van der Waals surface area contributed by atoms with Crippen molar-refractivity contribution in [3.05, 3.63) is 99.9 Å². The van der Waals surface area contributed by atoms with Crippen LogP contribution in [0.25, 0.3) is 0 Å². The summed E-state index contributed by atoms with van der Waals surface area (Å²) in [7, 11) is 0. The summed E-state index contributed by atoms with van der Waals surface area (Å²) in [5.74, 6) is 0. The molecule has 44 heavy (non-hydrogen) atoms. The van der Waals surface area contributed by atoms with Crippen LogP contribution >= 0.6 is 0 Å². The Morgan fingerprint density at radius 1 is 0.591 bits per heavy atom. The first-order valence-electron chi connectivity index (χ1n) is 16.7. The fourth-order valence-corrected chi connectivity index (χ4v) is 10.5. The first-order chi connectivity index (χ1) is 20.4. The SMILES string of the molecule is Cc1ccc2c(c1)B1c3cc4c(cc3N(c3ccc5c(c3)C(C)(C)CC5(C)C)c3ccnc(c31)C2(C)C)C(C)(C)CC4(C)C.